The van der Waals surface area contributed by atoms with Gasteiger partial charge in [0.25, 0.3) is 15.9 Å². The number of sulfonamides is 1. The van der Waals surface area contributed by atoms with Gasteiger partial charge in [0.15, 0.2) is 0 Å². The van der Waals surface area contributed by atoms with Crippen molar-refractivity contribution >= 4 is 33.2 Å². The van der Waals surface area contributed by atoms with Gasteiger partial charge < -0.3 is 9.73 Å². The van der Waals surface area contributed by atoms with Gasteiger partial charge in [-0.3, -0.25) is 9.52 Å². The SMILES string of the molecule is Cc1nnsc1C(=O)NCc1nc(-c2ccccc2NS(=O)(=O)c2cccc(F)c2)oc1C. The van der Waals surface area contributed by atoms with Crippen molar-refractivity contribution < 1.29 is 22.0 Å². The summed E-state index contributed by atoms with van der Waals surface area (Å²) in [6.45, 7) is 3.49. The van der Waals surface area contributed by atoms with E-state index in [2.05, 4.69) is 24.6 Å². The summed E-state index contributed by atoms with van der Waals surface area (Å²) in [6, 6.07) is 11.3. The molecule has 0 atom stereocenters. The highest BCUT2D eigenvalue weighted by Gasteiger charge is 2.21. The van der Waals surface area contributed by atoms with E-state index < -0.39 is 15.8 Å². The van der Waals surface area contributed by atoms with Gasteiger partial charge in [-0.25, -0.2) is 17.8 Å². The topological polar surface area (TPSA) is 127 Å². The normalized spacial score (nSPS) is 11.4. The molecule has 2 aromatic heterocycles. The zero-order chi connectivity index (χ0) is 23.6. The number of carbonyl (C=O) groups excluding carboxylic acids is 1. The quantitative estimate of drug-likeness (QED) is 0.407. The van der Waals surface area contributed by atoms with E-state index in [4.69, 9.17) is 4.42 Å². The molecule has 0 unspecified atom stereocenters. The number of amides is 1. The van der Waals surface area contributed by atoms with Gasteiger partial charge in [0, 0.05) is 0 Å². The number of aromatic nitrogens is 3. The number of nitrogens with zero attached hydrogens (tertiary/aromatic N) is 3. The summed E-state index contributed by atoms with van der Waals surface area (Å²) >= 11 is 1.000. The lowest BCUT2D eigenvalue weighted by atomic mass is 10.2. The van der Waals surface area contributed by atoms with E-state index >= 15 is 0 Å². The van der Waals surface area contributed by atoms with Crippen LogP contribution in [0, 0.1) is 19.7 Å². The molecule has 4 aromatic rings. The highest BCUT2D eigenvalue weighted by Crippen LogP contribution is 2.30. The molecule has 0 aliphatic carbocycles. The largest absolute Gasteiger partial charge is 0.441 e. The van der Waals surface area contributed by atoms with E-state index in [1.165, 1.54) is 12.1 Å². The van der Waals surface area contributed by atoms with E-state index in [0.29, 0.717) is 27.6 Å². The number of benzene rings is 2. The number of anilines is 1. The molecule has 2 aromatic carbocycles. The fraction of sp³-hybridized carbons (Fsp3) is 0.143. The molecule has 1 amide bonds. The van der Waals surface area contributed by atoms with Crippen LogP contribution in [0.3, 0.4) is 0 Å². The predicted octanol–water partition coefficient (Wildman–Crippen LogP) is 3.68. The molecule has 2 heterocycles. The number of aryl methyl sites for hydroxylation is 2. The summed E-state index contributed by atoms with van der Waals surface area (Å²) in [5, 5.41) is 6.57. The molecule has 0 spiro atoms. The summed E-state index contributed by atoms with van der Waals surface area (Å²) in [7, 11) is -4.05. The molecule has 170 valence electrons. The van der Waals surface area contributed by atoms with Crippen LogP contribution in [-0.2, 0) is 16.6 Å². The molecule has 0 saturated heterocycles. The Morgan fingerprint density at radius 3 is 2.67 bits per heavy atom. The van der Waals surface area contributed by atoms with E-state index in [1.807, 2.05) is 0 Å². The Kier molecular flexibility index (Phi) is 6.20. The highest BCUT2D eigenvalue weighted by molar-refractivity contribution is 7.92. The second kappa shape index (κ2) is 9.08. The fourth-order valence-corrected chi connectivity index (χ4v) is 4.67. The molecule has 2 N–H and O–H groups in total. The van der Waals surface area contributed by atoms with Crippen LogP contribution in [0.4, 0.5) is 10.1 Å². The number of hydrogen-bond acceptors (Lipinski definition) is 8. The molecule has 0 fully saturated rings. The first-order chi connectivity index (χ1) is 15.7. The zero-order valence-electron chi connectivity index (χ0n) is 17.5. The predicted molar refractivity (Wildman–Crippen MR) is 120 cm³/mol. The van der Waals surface area contributed by atoms with Gasteiger partial charge in [-0.2, -0.15) is 0 Å². The van der Waals surface area contributed by atoms with Crippen molar-refractivity contribution in [1.82, 2.24) is 19.9 Å². The molecule has 4 rings (SSSR count). The molecule has 9 nitrogen and oxygen atoms in total. The summed E-state index contributed by atoms with van der Waals surface area (Å²) in [4.78, 5) is 16.9. The molecule has 12 heteroatoms. The van der Waals surface area contributed by atoms with Crippen LogP contribution in [0.1, 0.15) is 26.8 Å². The monoisotopic (exact) mass is 487 g/mol. The number of halogens is 1. The molecular weight excluding hydrogens is 469 g/mol. The summed E-state index contributed by atoms with van der Waals surface area (Å²) < 4.78 is 50.9. The fourth-order valence-electron chi connectivity index (χ4n) is 2.99. The second-order valence-corrected chi connectivity index (χ2v) is 9.44. The number of rotatable bonds is 7. The van der Waals surface area contributed by atoms with Gasteiger partial charge in [0.1, 0.15) is 22.1 Å². The maximum absolute atomic E-state index is 13.5. The Morgan fingerprint density at radius 2 is 1.94 bits per heavy atom. The Bertz CT molecular complexity index is 1430. The van der Waals surface area contributed by atoms with Crippen LogP contribution in [0.15, 0.2) is 57.8 Å². The highest BCUT2D eigenvalue weighted by atomic mass is 32.2. The van der Waals surface area contributed by atoms with Crippen LogP contribution in [-0.4, -0.2) is 28.9 Å². The van der Waals surface area contributed by atoms with Crippen molar-refractivity contribution in [2.45, 2.75) is 25.3 Å². The van der Waals surface area contributed by atoms with Crippen molar-refractivity contribution in [3.63, 3.8) is 0 Å². The van der Waals surface area contributed by atoms with E-state index in [-0.39, 0.29) is 28.9 Å². The molecular formula is C21H18FN5O4S2. The maximum Gasteiger partial charge on any atom is 0.265 e. The zero-order valence-corrected chi connectivity index (χ0v) is 19.1. The first-order valence-corrected chi connectivity index (χ1v) is 11.9. The lowest BCUT2D eigenvalue weighted by Gasteiger charge is -2.11. The van der Waals surface area contributed by atoms with Crippen molar-refractivity contribution in [1.29, 1.82) is 0 Å². The number of oxazole rings is 1. The minimum absolute atomic E-state index is 0.0999. The number of para-hydroxylation sites is 1. The van der Waals surface area contributed by atoms with Gasteiger partial charge in [0.05, 0.1) is 28.4 Å². The Balaban J connectivity index is 1.57. The number of carbonyl (C=O) groups is 1. The minimum Gasteiger partial charge on any atom is -0.441 e. The minimum atomic E-state index is -4.05. The smallest absolute Gasteiger partial charge is 0.265 e. The third-order valence-electron chi connectivity index (χ3n) is 4.68. The standard InChI is InChI=1S/C21H18FN5O4S2/c1-12-19(32-27-25-12)20(28)23-11-18-13(2)31-21(24-18)16-8-3-4-9-17(16)26-33(29,30)15-7-5-6-14(22)10-15/h3-10,26H,11H2,1-2H3,(H,23,28). The lowest BCUT2D eigenvalue weighted by Crippen LogP contribution is -2.23. The van der Waals surface area contributed by atoms with Gasteiger partial charge >= 0.3 is 0 Å². The van der Waals surface area contributed by atoms with Crippen LogP contribution in [0.2, 0.25) is 0 Å². The Morgan fingerprint density at radius 1 is 1.15 bits per heavy atom. The maximum atomic E-state index is 13.5. The summed E-state index contributed by atoms with van der Waals surface area (Å²) in [5.41, 5.74) is 1.62. The van der Waals surface area contributed by atoms with Crippen molar-refractivity contribution in [3.8, 4) is 11.5 Å². The van der Waals surface area contributed by atoms with Crippen LogP contribution >= 0.6 is 11.5 Å². The molecule has 0 radical (unpaired) electrons. The molecule has 0 saturated carbocycles. The third kappa shape index (κ3) is 4.91. The number of hydrogen-bond donors (Lipinski definition) is 2. The van der Waals surface area contributed by atoms with Crippen LogP contribution < -0.4 is 10.0 Å². The van der Waals surface area contributed by atoms with Crippen LogP contribution in [0.25, 0.3) is 11.5 Å². The summed E-state index contributed by atoms with van der Waals surface area (Å²) in [6.07, 6.45) is 0. The average Bonchev–Trinajstić information content (AvgIpc) is 3.37. The lowest BCUT2D eigenvalue weighted by molar-refractivity contribution is 0.0953. The van der Waals surface area contributed by atoms with Crippen molar-refractivity contribution in [3.05, 3.63) is 76.4 Å². The molecule has 0 aliphatic heterocycles. The van der Waals surface area contributed by atoms with Gasteiger partial charge in [-0.15, -0.1) is 5.10 Å². The van der Waals surface area contributed by atoms with E-state index in [0.717, 1.165) is 23.7 Å². The van der Waals surface area contributed by atoms with Crippen molar-refractivity contribution in [2.75, 3.05) is 4.72 Å². The van der Waals surface area contributed by atoms with Gasteiger partial charge in [0.2, 0.25) is 5.89 Å². The number of nitrogens with one attached hydrogen (secondary N) is 2. The summed E-state index contributed by atoms with van der Waals surface area (Å²) in [5.74, 6) is -0.350. The van der Waals surface area contributed by atoms with Gasteiger partial charge in [-0.05, 0) is 55.7 Å². The Hall–Kier alpha value is -3.64. The first-order valence-electron chi connectivity index (χ1n) is 9.66. The second-order valence-electron chi connectivity index (χ2n) is 7.00. The molecule has 33 heavy (non-hydrogen) atoms. The van der Waals surface area contributed by atoms with Gasteiger partial charge in [-0.1, -0.05) is 22.7 Å². The van der Waals surface area contributed by atoms with Crippen LogP contribution in [0.5, 0.6) is 0 Å². The Labute approximate surface area is 192 Å². The van der Waals surface area contributed by atoms with E-state index in [1.54, 1.807) is 38.1 Å². The first kappa shape index (κ1) is 22.6. The van der Waals surface area contributed by atoms with Crippen molar-refractivity contribution in [2.24, 2.45) is 0 Å². The average molecular weight is 488 g/mol. The third-order valence-corrected chi connectivity index (χ3v) is 6.86. The molecule has 0 aliphatic rings. The molecule has 0 bridgehead atoms. The van der Waals surface area contributed by atoms with E-state index in [9.17, 15) is 17.6 Å².